The van der Waals surface area contributed by atoms with Crippen LogP contribution in [-0.4, -0.2) is 25.8 Å². The molecule has 1 saturated carbocycles. The highest BCUT2D eigenvalue weighted by Crippen LogP contribution is 2.23. The Morgan fingerprint density at radius 2 is 2.00 bits per heavy atom. The Morgan fingerprint density at radius 3 is 2.64 bits per heavy atom. The van der Waals surface area contributed by atoms with Crippen molar-refractivity contribution in [1.29, 1.82) is 0 Å². The van der Waals surface area contributed by atoms with Gasteiger partial charge in [0.25, 0.3) is 0 Å². The Labute approximate surface area is 88.4 Å². The van der Waals surface area contributed by atoms with Gasteiger partial charge in [-0.1, -0.05) is 12.8 Å². The van der Waals surface area contributed by atoms with Crippen molar-refractivity contribution in [3.05, 3.63) is 0 Å². The van der Waals surface area contributed by atoms with Crippen LogP contribution in [0.3, 0.4) is 0 Å². The first-order valence-electron chi connectivity index (χ1n) is 6.11. The highest BCUT2D eigenvalue weighted by molar-refractivity contribution is 4.69. The molecule has 0 bridgehead atoms. The molecule has 1 aliphatic rings. The zero-order chi connectivity index (χ0) is 10.2. The average molecular weight is 199 g/mol. The molecule has 0 saturated heterocycles. The van der Waals surface area contributed by atoms with E-state index in [-0.39, 0.29) is 0 Å². The van der Waals surface area contributed by atoms with Gasteiger partial charge in [-0.05, 0) is 52.1 Å². The van der Waals surface area contributed by atoms with Crippen LogP contribution >= 0.6 is 0 Å². The smallest absolute Gasteiger partial charge is 0.0518 e. The quantitative estimate of drug-likeness (QED) is 0.636. The van der Waals surface area contributed by atoms with Crippen LogP contribution in [0.4, 0.5) is 0 Å². The van der Waals surface area contributed by atoms with Crippen molar-refractivity contribution < 1.29 is 4.74 Å². The van der Waals surface area contributed by atoms with Gasteiger partial charge < -0.3 is 10.1 Å². The van der Waals surface area contributed by atoms with Gasteiger partial charge in [0.1, 0.15) is 0 Å². The van der Waals surface area contributed by atoms with Gasteiger partial charge >= 0.3 is 0 Å². The van der Waals surface area contributed by atoms with Gasteiger partial charge in [-0.2, -0.15) is 0 Å². The summed E-state index contributed by atoms with van der Waals surface area (Å²) in [6, 6.07) is 0. The molecule has 0 aromatic rings. The third kappa shape index (κ3) is 5.61. The van der Waals surface area contributed by atoms with Crippen molar-refractivity contribution in [3.63, 3.8) is 0 Å². The second-order valence-electron chi connectivity index (χ2n) is 4.63. The molecular formula is C12H25NO. The Kier molecular flexibility index (Phi) is 6.20. The first-order valence-corrected chi connectivity index (χ1v) is 6.11. The highest BCUT2D eigenvalue weighted by Gasteiger charge is 2.13. The lowest BCUT2D eigenvalue weighted by Gasteiger charge is -2.11. The summed E-state index contributed by atoms with van der Waals surface area (Å²) in [7, 11) is 0. The van der Waals surface area contributed by atoms with E-state index in [2.05, 4.69) is 19.2 Å². The summed E-state index contributed by atoms with van der Waals surface area (Å²) in [5.74, 6) is 0.959. The molecule has 0 aromatic carbocycles. The van der Waals surface area contributed by atoms with Gasteiger partial charge in [-0.25, -0.2) is 0 Å². The Hall–Kier alpha value is -0.0800. The molecule has 2 heteroatoms. The number of hydrogen-bond acceptors (Lipinski definition) is 2. The van der Waals surface area contributed by atoms with E-state index in [1.54, 1.807) is 0 Å². The van der Waals surface area contributed by atoms with E-state index < -0.39 is 0 Å². The molecule has 0 spiro atoms. The minimum atomic E-state index is 0.379. The number of hydrogen-bond donors (Lipinski definition) is 1. The highest BCUT2D eigenvalue weighted by atomic mass is 16.5. The molecule has 0 aliphatic heterocycles. The van der Waals surface area contributed by atoms with Gasteiger partial charge in [0, 0.05) is 6.61 Å². The van der Waals surface area contributed by atoms with Crippen LogP contribution in [0.15, 0.2) is 0 Å². The zero-order valence-electron chi connectivity index (χ0n) is 9.72. The van der Waals surface area contributed by atoms with Crippen LogP contribution in [0.25, 0.3) is 0 Å². The molecule has 1 rings (SSSR count). The molecule has 14 heavy (non-hydrogen) atoms. The molecule has 1 N–H and O–H groups in total. The van der Waals surface area contributed by atoms with Crippen molar-refractivity contribution in [1.82, 2.24) is 5.32 Å². The standard InChI is InChI=1S/C12H25NO/c1-11(2)14-9-5-8-13-10-12-6-3-4-7-12/h11-13H,3-10H2,1-2H3. The van der Waals surface area contributed by atoms with E-state index in [9.17, 15) is 0 Å². The maximum atomic E-state index is 5.47. The Morgan fingerprint density at radius 1 is 1.29 bits per heavy atom. The zero-order valence-corrected chi connectivity index (χ0v) is 9.72. The van der Waals surface area contributed by atoms with E-state index in [1.165, 1.54) is 32.2 Å². The van der Waals surface area contributed by atoms with Gasteiger partial charge in [0.05, 0.1) is 6.10 Å². The van der Waals surface area contributed by atoms with Crippen LogP contribution < -0.4 is 5.32 Å². The molecule has 0 heterocycles. The van der Waals surface area contributed by atoms with Crippen LogP contribution in [-0.2, 0) is 4.74 Å². The lowest BCUT2D eigenvalue weighted by Crippen LogP contribution is -2.23. The lowest BCUT2D eigenvalue weighted by atomic mass is 10.1. The van der Waals surface area contributed by atoms with Gasteiger partial charge in [-0.15, -0.1) is 0 Å². The first-order chi connectivity index (χ1) is 6.79. The lowest BCUT2D eigenvalue weighted by molar-refractivity contribution is 0.0770. The predicted molar refractivity (Wildman–Crippen MR) is 60.5 cm³/mol. The van der Waals surface area contributed by atoms with Crippen molar-refractivity contribution in [3.8, 4) is 0 Å². The van der Waals surface area contributed by atoms with Crippen molar-refractivity contribution in [2.24, 2.45) is 5.92 Å². The number of ether oxygens (including phenoxy) is 1. The van der Waals surface area contributed by atoms with Crippen molar-refractivity contribution in [2.45, 2.75) is 52.1 Å². The molecule has 0 aromatic heterocycles. The Bertz CT molecular complexity index is 130. The maximum absolute atomic E-state index is 5.47. The summed E-state index contributed by atoms with van der Waals surface area (Å²) >= 11 is 0. The second-order valence-corrected chi connectivity index (χ2v) is 4.63. The van der Waals surface area contributed by atoms with Crippen LogP contribution in [0, 0.1) is 5.92 Å². The molecule has 1 aliphatic carbocycles. The maximum Gasteiger partial charge on any atom is 0.0518 e. The van der Waals surface area contributed by atoms with E-state index in [4.69, 9.17) is 4.74 Å². The monoisotopic (exact) mass is 199 g/mol. The van der Waals surface area contributed by atoms with Gasteiger partial charge in [-0.3, -0.25) is 0 Å². The topological polar surface area (TPSA) is 21.3 Å². The summed E-state index contributed by atoms with van der Waals surface area (Å²) in [6.07, 6.45) is 7.30. The van der Waals surface area contributed by atoms with Gasteiger partial charge in [0.2, 0.25) is 0 Å². The molecule has 0 unspecified atom stereocenters. The average Bonchev–Trinajstić information content (AvgIpc) is 2.63. The fourth-order valence-electron chi connectivity index (χ4n) is 2.04. The number of nitrogens with one attached hydrogen (secondary N) is 1. The second kappa shape index (κ2) is 7.24. The third-order valence-corrected chi connectivity index (χ3v) is 2.86. The van der Waals surface area contributed by atoms with Crippen molar-refractivity contribution in [2.75, 3.05) is 19.7 Å². The third-order valence-electron chi connectivity index (χ3n) is 2.86. The molecule has 2 nitrogen and oxygen atoms in total. The Balaban J connectivity index is 1.79. The normalized spacial score (nSPS) is 18.2. The van der Waals surface area contributed by atoms with Crippen LogP contribution in [0.2, 0.25) is 0 Å². The van der Waals surface area contributed by atoms with Gasteiger partial charge in [0.15, 0.2) is 0 Å². The summed E-state index contributed by atoms with van der Waals surface area (Å²) < 4.78 is 5.47. The molecule has 0 atom stereocenters. The molecule has 84 valence electrons. The summed E-state index contributed by atoms with van der Waals surface area (Å²) in [5, 5.41) is 3.52. The summed E-state index contributed by atoms with van der Waals surface area (Å²) in [5.41, 5.74) is 0. The van der Waals surface area contributed by atoms with Crippen LogP contribution in [0.1, 0.15) is 46.0 Å². The summed E-state index contributed by atoms with van der Waals surface area (Å²) in [6.45, 7) is 7.41. The van der Waals surface area contributed by atoms with E-state index in [0.29, 0.717) is 6.10 Å². The fraction of sp³-hybridized carbons (Fsp3) is 1.00. The molecule has 1 fully saturated rings. The van der Waals surface area contributed by atoms with E-state index >= 15 is 0 Å². The van der Waals surface area contributed by atoms with Crippen molar-refractivity contribution >= 4 is 0 Å². The SMILES string of the molecule is CC(C)OCCCNCC1CCCC1. The minimum Gasteiger partial charge on any atom is -0.379 e. The molecular weight excluding hydrogens is 174 g/mol. The largest absolute Gasteiger partial charge is 0.379 e. The molecule has 0 amide bonds. The fourth-order valence-corrected chi connectivity index (χ4v) is 2.04. The predicted octanol–water partition coefficient (Wildman–Crippen LogP) is 2.58. The van der Waals surface area contributed by atoms with E-state index in [0.717, 1.165) is 25.5 Å². The first kappa shape index (κ1) is 12.0. The van der Waals surface area contributed by atoms with E-state index in [1.807, 2.05) is 0 Å². The number of rotatable bonds is 7. The minimum absolute atomic E-state index is 0.379. The summed E-state index contributed by atoms with van der Waals surface area (Å²) in [4.78, 5) is 0. The molecule has 0 radical (unpaired) electrons. The van der Waals surface area contributed by atoms with Crippen LogP contribution in [0.5, 0.6) is 0 Å².